The van der Waals surface area contributed by atoms with Gasteiger partial charge in [-0.25, -0.2) is 4.99 Å². The third kappa shape index (κ3) is 5.03. The number of carbonyl (C=O) groups excluding carboxylic acids is 1. The van der Waals surface area contributed by atoms with Gasteiger partial charge in [0.1, 0.15) is 0 Å². The van der Waals surface area contributed by atoms with E-state index in [1.54, 1.807) is 21.1 Å². The van der Waals surface area contributed by atoms with E-state index in [0.717, 1.165) is 48.7 Å². The minimum atomic E-state index is 0.127. The number of nitrogens with one attached hydrogen (secondary N) is 1. The van der Waals surface area contributed by atoms with Crippen LogP contribution < -0.4 is 14.8 Å². The molecule has 2 rings (SSSR count). The summed E-state index contributed by atoms with van der Waals surface area (Å²) in [5, 5.41) is 3.34. The molecule has 1 saturated heterocycles. The molecule has 0 aromatic heterocycles. The van der Waals surface area contributed by atoms with Crippen LogP contribution in [0.3, 0.4) is 0 Å². The summed E-state index contributed by atoms with van der Waals surface area (Å²) in [6.07, 6.45) is 0. The second-order valence-electron chi connectivity index (χ2n) is 5.98. The lowest BCUT2D eigenvalue weighted by atomic mass is 10.2. The Kier molecular flexibility index (Phi) is 7.56. The highest BCUT2D eigenvalue weighted by atomic mass is 79.9. The smallest absolute Gasteiger partial charge is 0.219 e. The number of hydrogen-bond acceptors (Lipinski definition) is 4. The first-order valence-electron chi connectivity index (χ1n) is 8.69. The number of carbonyl (C=O) groups is 1. The van der Waals surface area contributed by atoms with Gasteiger partial charge in [-0.2, -0.15) is 0 Å². The van der Waals surface area contributed by atoms with E-state index in [2.05, 4.69) is 26.1 Å². The van der Waals surface area contributed by atoms with E-state index in [0.29, 0.717) is 18.0 Å². The zero-order valence-corrected chi connectivity index (χ0v) is 17.4. The Labute approximate surface area is 163 Å². The molecule has 1 fully saturated rings. The van der Waals surface area contributed by atoms with E-state index in [1.807, 2.05) is 24.0 Å². The van der Waals surface area contributed by atoms with Gasteiger partial charge in [0.05, 0.1) is 25.2 Å². The number of benzene rings is 1. The van der Waals surface area contributed by atoms with Gasteiger partial charge >= 0.3 is 0 Å². The summed E-state index contributed by atoms with van der Waals surface area (Å²) < 4.78 is 11.6. The van der Waals surface area contributed by atoms with E-state index in [9.17, 15) is 4.79 Å². The molecule has 1 amide bonds. The summed E-state index contributed by atoms with van der Waals surface area (Å²) in [4.78, 5) is 20.3. The van der Waals surface area contributed by atoms with Crippen molar-refractivity contribution in [3.05, 3.63) is 22.2 Å². The highest BCUT2D eigenvalue weighted by molar-refractivity contribution is 9.10. The first-order chi connectivity index (χ1) is 12.5. The quantitative estimate of drug-likeness (QED) is 0.576. The van der Waals surface area contributed by atoms with Crippen LogP contribution >= 0.6 is 15.9 Å². The van der Waals surface area contributed by atoms with Gasteiger partial charge in [0.25, 0.3) is 0 Å². The van der Waals surface area contributed by atoms with Crippen LogP contribution in [0.25, 0.3) is 0 Å². The zero-order valence-electron chi connectivity index (χ0n) is 15.8. The molecule has 0 saturated carbocycles. The molecule has 0 unspecified atom stereocenters. The molecule has 1 aliphatic heterocycles. The number of aliphatic imine (C=N–C) groups is 1. The van der Waals surface area contributed by atoms with Crippen LogP contribution in [0, 0.1) is 0 Å². The molecule has 0 bridgehead atoms. The Morgan fingerprint density at radius 3 is 2.38 bits per heavy atom. The summed E-state index contributed by atoms with van der Waals surface area (Å²) in [6, 6.07) is 3.92. The van der Waals surface area contributed by atoms with Crippen LogP contribution in [0.4, 0.5) is 0 Å². The third-order valence-corrected chi connectivity index (χ3v) is 4.85. The Bertz CT molecular complexity index is 658. The summed E-state index contributed by atoms with van der Waals surface area (Å²) in [5.41, 5.74) is 1.02. The molecule has 1 aromatic carbocycles. The summed E-state index contributed by atoms with van der Waals surface area (Å²) in [5.74, 6) is 2.34. The molecule has 7 nitrogen and oxygen atoms in total. The van der Waals surface area contributed by atoms with Gasteiger partial charge in [0.2, 0.25) is 5.91 Å². The average molecular weight is 427 g/mol. The van der Waals surface area contributed by atoms with Crippen molar-refractivity contribution in [2.24, 2.45) is 4.99 Å². The van der Waals surface area contributed by atoms with Crippen molar-refractivity contribution in [3.8, 4) is 11.5 Å². The number of guanidine groups is 1. The van der Waals surface area contributed by atoms with Gasteiger partial charge in [-0.05, 0) is 40.5 Å². The Morgan fingerprint density at radius 1 is 1.19 bits per heavy atom. The predicted octanol–water partition coefficient (Wildman–Crippen LogP) is 2.10. The molecule has 0 atom stereocenters. The summed E-state index contributed by atoms with van der Waals surface area (Å²) >= 11 is 3.52. The van der Waals surface area contributed by atoms with Crippen molar-refractivity contribution >= 4 is 27.8 Å². The SMILES string of the molecule is CCNC(=NCc1cc(Br)c(OC)c(OC)c1)N1CCN(C(C)=O)CC1. The number of nitrogens with zero attached hydrogens (tertiary/aromatic N) is 3. The number of amides is 1. The number of methoxy groups -OCH3 is 2. The molecule has 0 aliphatic carbocycles. The molecule has 1 N–H and O–H groups in total. The van der Waals surface area contributed by atoms with Gasteiger partial charge in [0.15, 0.2) is 17.5 Å². The number of rotatable bonds is 5. The van der Waals surface area contributed by atoms with Gasteiger partial charge < -0.3 is 24.6 Å². The van der Waals surface area contributed by atoms with Crippen LogP contribution in [0.5, 0.6) is 11.5 Å². The standard InChI is InChI=1S/C18H27BrN4O3/c1-5-20-18(23-8-6-22(7-9-23)13(2)24)21-12-14-10-15(19)17(26-4)16(11-14)25-3/h10-11H,5-9,12H2,1-4H3,(H,20,21). The van der Waals surface area contributed by atoms with E-state index in [-0.39, 0.29) is 5.91 Å². The number of piperazine rings is 1. The van der Waals surface area contributed by atoms with Crippen molar-refractivity contribution in [2.45, 2.75) is 20.4 Å². The number of ether oxygens (including phenoxy) is 2. The van der Waals surface area contributed by atoms with Gasteiger partial charge in [-0.1, -0.05) is 0 Å². The van der Waals surface area contributed by atoms with E-state index in [4.69, 9.17) is 14.5 Å². The van der Waals surface area contributed by atoms with Crippen LogP contribution in [-0.2, 0) is 11.3 Å². The Hall–Kier alpha value is -1.96. The monoisotopic (exact) mass is 426 g/mol. The van der Waals surface area contributed by atoms with Crippen LogP contribution in [0.2, 0.25) is 0 Å². The van der Waals surface area contributed by atoms with Crippen molar-refractivity contribution in [3.63, 3.8) is 0 Å². The first-order valence-corrected chi connectivity index (χ1v) is 9.48. The fourth-order valence-corrected chi connectivity index (χ4v) is 3.54. The Morgan fingerprint density at radius 2 is 1.85 bits per heavy atom. The number of hydrogen-bond donors (Lipinski definition) is 1. The largest absolute Gasteiger partial charge is 0.493 e. The molecule has 1 aliphatic rings. The van der Waals surface area contributed by atoms with Crippen LogP contribution in [0.15, 0.2) is 21.6 Å². The van der Waals surface area contributed by atoms with E-state index < -0.39 is 0 Å². The second-order valence-corrected chi connectivity index (χ2v) is 6.83. The molecule has 0 radical (unpaired) electrons. The minimum Gasteiger partial charge on any atom is -0.493 e. The van der Waals surface area contributed by atoms with Crippen molar-refractivity contribution in [1.29, 1.82) is 0 Å². The van der Waals surface area contributed by atoms with Crippen LogP contribution in [0.1, 0.15) is 19.4 Å². The fourth-order valence-electron chi connectivity index (χ4n) is 2.89. The molecule has 26 heavy (non-hydrogen) atoms. The summed E-state index contributed by atoms with van der Waals surface area (Å²) in [6.45, 7) is 7.99. The lowest BCUT2D eigenvalue weighted by Crippen LogP contribution is -2.53. The second kappa shape index (κ2) is 9.66. The molecule has 0 spiro atoms. The zero-order chi connectivity index (χ0) is 19.1. The van der Waals surface area contributed by atoms with E-state index in [1.165, 1.54) is 0 Å². The van der Waals surface area contributed by atoms with E-state index >= 15 is 0 Å². The molecule has 1 aromatic rings. The highest BCUT2D eigenvalue weighted by Gasteiger charge is 2.21. The Balaban J connectivity index is 2.12. The topological polar surface area (TPSA) is 66.4 Å². The lowest BCUT2D eigenvalue weighted by molar-refractivity contribution is -0.130. The lowest BCUT2D eigenvalue weighted by Gasteiger charge is -2.36. The molecule has 144 valence electrons. The minimum absolute atomic E-state index is 0.127. The van der Waals surface area contributed by atoms with Crippen LogP contribution in [-0.4, -0.2) is 68.6 Å². The molecular formula is C18H27BrN4O3. The normalized spacial score (nSPS) is 15.0. The van der Waals surface area contributed by atoms with Gasteiger partial charge in [-0.15, -0.1) is 0 Å². The average Bonchev–Trinajstić information content (AvgIpc) is 2.64. The maximum absolute atomic E-state index is 11.5. The van der Waals surface area contributed by atoms with Crippen molar-refractivity contribution in [1.82, 2.24) is 15.1 Å². The first kappa shape index (κ1) is 20.4. The maximum Gasteiger partial charge on any atom is 0.219 e. The molecule has 8 heteroatoms. The third-order valence-electron chi connectivity index (χ3n) is 4.26. The molecular weight excluding hydrogens is 400 g/mol. The van der Waals surface area contributed by atoms with Crippen molar-refractivity contribution < 1.29 is 14.3 Å². The fraction of sp³-hybridized carbons (Fsp3) is 0.556. The maximum atomic E-state index is 11.5. The summed E-state index contributed by atoms with van der Waals surface area (Å²) in [7, 11) is 3.24. The molecule has 1 heterocycles. The van der Waals surface area contributed by atoms with Crippen molar-refractivity contribution in [2.75, 3.05) is 46.9 Å². The predicted molar refractivity (Wildman–Crippen MR) is 106 cm³/mol. The number of halogens is 1. The van der Waals surface area contributed by atoms with Gasteiger partial charge in [-0.3, -0.25) is 4.79 Å². The highest BCUT2D eigenvalue weighted by Crippen LogP contribution is 2.36. The van der Waals surface area contributed by atoms with Gasteiger partial charge in [0, 0.05) is 39.6 Å².